The van der Waals surface area contributed by atoms with E-state index in [-0.39, 0.29) is 0 Å². The van der Waals surface area contributed by atoms with Crippen LogP contribution in [0.15, 0.2) is 0 Å². The van der Waals surface area contributed by atoms with Crippen molar-refractivity contribution in [2.24, 2.45) is 0 Å². The molecule has 0 amide bonds. The fourth-order valence-electron chi connectivity index (χ4n) is 0.510. The first-order chi connectivity index (χ1) is 5.41. The van der Waals surface area contributed by atoms with Crippen LogP contribution < -0.4 is 0 Å². The summed E-state index contributed by atoms with van der Waals surface area (Å²) in [5.41, 5.74) is 0. The summed E-state index contributed by atoms with van der Waals surface area (Å²) >= 11 is 12.3. The van der Waals surface area contributed by atoms with Gasteiger partial charge >= 0.3 is 0 Å². The van der Waals surface area contributed by atoms with Crippen LogP contribution in [0.4, 0.5) is 0 Å². The van der Waals surface area contributed by atoms with Gasteiger partial charge in [-0.1, -0.05) is 0 Å². The van der Waals surface area contributed by atoms with Gasteiger partial charge in [0.1, 0.15) is 0 Å². The average Bonchev–Trinajstić information content (AvgIpc) is 2.03. The Balaban J connectivity index is 2.69. The number of rotatable bonds is 8. The molecule has 0 atom stereocenters. The third-order valence-electron chi connectivity index (χ3n) is 1.06. The van der Waals surface area contributed by atoms with Crippen LogP contribution in [0.3, 0.4) is 0 Å². The molecule has 0 saturated heterocycles. The lowest BCUT2D eigenvalue weighted by Crippen LogP contribution is -1.84. The van der Waals surface area contributed by atoms with Crippen molar-refractivity contribution in [3.8, 4) is 0 Å². The molecule has 0 aromatic rings. The van der Waals surface area contributed by atoms with Gasteiger partial charge in [0.05, 0.1) is 0 Å². The van der Waals surface area contributed by atoms with Gasteiger partial charge in [0, 0.05) is 5.08 Å². The van der Waals surface area contributed by atoms with Gasteiger partial charge in [0.25, 0.3) is 0 Å². The molecule has 0 unspecified atom stereocenters. The maximum absolute atomic E-state index is 4.15. The molecule has 11 heavy (non-hydrogen) atoms. The summed E-state index contributed by atoms with van der Waals surface area (Å²) in [7, 11) is 0. The molecule has 0 aliphatic heterocycles. The van der Waals surface area contributed by atoms with E-state index in [1.807, 2.05) is 23.5 Å². The van der Waals surface area contributed by atoms with Gasteiger partial charge in [-0.15, -0.1) is 0 Å². The van der Waals surface area contributed by atoms with Crippen LogP contribution in [0, 0.1) is 0 Å². The fraction of sp³-hybridized carbons (Fsp3) is 1.00. The van der Waals surface area contributed by atoms with Crippen LogP contribution in [-0.2, 0) is 0 Å². The summed E-state index contributed by atoms with van der Waals surface area (Å²) in [4.78, 5) is 0. The van der Waals surface area contributed by atoms with Crippen molar-refractivity contribution < 1.29 is 0 Å². The molecule has 0 nitrogen and oxygen atoms in total. The Hall–Kier alpha value is 1.40. The highest BCUT2D eigenvalue weighted by Gasteiger charge is 1.89. The molecule has 0 aliphatic rings. The molecule has 4 heteroatoms. The van der Waals surface area contributed by atoms with E-state index < -0.39 is 0 Å². The zero-order valence-electron chi connectivity index (χ0n) is 6.66. The molecule has 0 saturated carbocycles. The van der Waals surface area contributed by atoms with Crippen molar-refractivity contribution in [1.82, 2.24) is 0 Å². The number of thioether (sulfide) groups is 2. The van der Waals surface area contributed by atoms with Crippen molar-refractivity contribution in [2.45, 2.75) is 12.8 Å². The molecule has 0 N–H and O–H groups in total. The van der Waals surface area contributed by atoms with Crippen LogP contribution in [-0.4, -0.2) is 28.1 Å². The molecule has 68 valence electrons. The average molecular weight is 228 g/mol. The summed E-state index contributed by atoms with van der Waals surface area (Å²) in [6.07, 6.45) is 2.47. The Labute approximate surface area is 89.5 Å². The van der Waals surface area contributed by atoms with Crippen LogP contribution in [0.1, 0.15) is 12.8 Å². The minimum atomic E-state index is 1.02. The van der Waals surface area contributed by atoms with Gasteiger partial charge in [0.2, 0.25) is 0 Å². The van der Waals surface area contributed by atoms with Gasteiger partial charge in [-0.25, -0.2) is 0 Å². The summed E-state index contributed by atoms with van der Waals surface area (Å²) < 4.78 is 0. The van der Waals surface area contributed by atoms with E-state index in [1.54, 1.807) is 0 Å². The molecule has 0 radical (unpaired) electrons. The first-order valence-corrected chi connectivity index (χ1v) is 7.36. The van der Waals surface area contributed by atoms with Gasteiger partial charge in [-0.3, -0.25) is 0 Å². The Kier molecular flexibility index (Phi) is 12.9. The Morgan fingerprint density at radius 1 is 0.818 bits per heavy atom. The second-order valence-corrected chi connectivity index (χ2v) is 5.56. The maximum Gasteiger partial charge on any atom is 0.0392 e. The Morgan fingerprint density at radius 2 is 1.27 bits per heavy atom. The number of thiol groups is 2. The molecule has 0 aromatic carbocycles. The van der Waals surface area contributed by atoms with E-state index in [0.29, 0.717) is 0 Å². The second kappa shape index (κ2) is 11.4. The van der Waals surface area contributed by atoms with Gasteiger partial charge in [-0.2, -0.15) is 48.8 Å². The standard InChI is InChI=1S/C7H16S4/c8-3-1-5-10-7-11-6-2-4-9/h8-9H,1-7H2. The monoisotopic (exact) mass is 228 g/mol. The second-order valence-electron chi connectivity index (χ2n) is 2.09. The van der Waals surface area contributed by atoms with Crippen molar-refractivity contribution >= 4 is 48.8 Å². The van der Waals surface area contributed by atoms with Crippen molar-refractivity contribution in [3.05, 3.63) is 0 Å². The SMILES string of the molecule is SCCCSCSCCCS. The van der Waals surface area contributed by atoms with Crippen LogP contribution in [0.5, 0.6) is 0 Å². The van der Waals surface area contributed by atoms with E-state index in [0.717, 1.165) is 11.5 Å². The highest BCUT2D eigenvalue weighted by Crippen LogP contribution is 2.13. The quantitative estimate of drug-likeness (QED) is 0.372. The third kappa shape index (κ3) is 11.4. The number of hydrogen-bond donors (Lipinski definition) is 2. The van der Waals surface area contributed by atoms with E-state index in [4.69, 9.17) is 0 Å². The van der Waals surface area contributed by atoms with Crippen LogP contribution in [0.2, 0.25) is 0 Å². The largest absolute Gasteiger partial charge is 0.179 e. The highest BCUT2D eigenvalue weighted by atomic mass is 32.2. The maximum atomic E-state index is 4.15. The predicted molar refractivity (Wildman–Crippen MR) is 66.7 cm³/mol. The fourth-order valence-corrected chi connectivity index (χ4v) is 3.37. The predicted octanol–water partition coefficient (Wildman–Crippen LogP) is 3.05. The lowest BCUT2D eigenvalue weighted by atomic mass is 10.6. The van der Waals surface area contributed by atoms with Crippen molar-refractivity contribution in [3.63, 3.8) is 0 Å². The third-order valence-corrected chi connectivity index (χ3v) is 4.18. The zero-order valence-corrected chi connectivity index (χ0v) is 10.1. The summed E-state index contributed by atoms with van der Waals surface area (Å²) in [5, 5.41) is 1.24. The van der Waals surface area contributed by atoms with E-state index in [1.165, 1.54) is 29.4 Å². The van der Waals surface area contributed by atoms with Gasteiger partial charge < -0.3 is 0 Å². The molecular formula is C7H16S4. The van der Waals surface area contributed by atoms with E-state index >= 15 is 0 Å². The lowest BCUT2D eigenvalue weighted by Gasteiger charge is -1.99. The van der Waals surface area contributed by atoms with Crippen molar-refractivity contribution in [2.75, 3.05) is 28.1 Å². The molecular weight excluding hydrogens is 212 g/mol. The summed E-state index contributed by atoms with van der Waals surface area (Å²) in [5.74, 6) is 4.57. The molecule has 0 fully saturated rings. The molecule has 0 bridgehead atoms. The summed E-state index contributed by atoms with van der Waals surface area (Å²) in [6.45, 7) is 0. The van der Waals surface area contributed by atoms with Crippen molar-refractivity contribution in [1.29, 1.82) is 0 Å². The van der Waals surface area contributed by atoms with Crippen LogP contribution in [0.25, 0.3) is 0 Å². The minimum absolute atomic E-state index is 1.02. The number of hydrogen-bond acceptors (Lipinski definition) is 4. The van der Waals surface area contributed by atoms with E-state index in [9.17, 15) is 0 Å². The zero-order chi connectivity index (χ0) is 8.36. The molecule has 0 aliphatic carbocycles. The Morgan fingerprint density at radius 3 is 1.64 bits per heavy atom. The first-order valence-electron chi connectivity index (χ1n) is 3.79. The van der Waals surface area contributed by atoms with Gasteiger partial charge in [-0.05, 0) is 35.9 Å². The van der Waals surface area contributed by atoms with Crippen LogP contribution >= 0.6 is 48.8 Å². The molecule has 0 aromatic heterocycles. The lowest BCUT2D eigenvalue weighted by molar-refractivity contribution is 1.13. The normalized spacial score (nSPS) is 10.4. The molecule has 0 heterocycles. The minimum Gasteiger partial charge on any atom is -0.179 e. The Bertz CT molecular complexity index is 59.5. The van der Waals surface area contributed by atoms with E-state index in [2.05, 4.69) is 25.3 Å². The smallest absolute Gasteiger partial charge is 0.0392 e. The topological polar surface area (TPSA) is 0 Å². The first kappa shape index (κ1) is 12.4. The summed E-state index contributed by atoms with van der Waals surface area (Å²) in [6, 6.07) is 0. The molecule has 0 spiro atoms. The highest BCUT2D eigenvalue weighted by molar-refractivity contribution is 8.15. The van der Waals surface area contributed by atoms with Gasteiger partial charge in [0.15, 0.2) is 0 Å². The molecule has 0 rings (SSSR count).